The zero-order valence-electron chi connectivity index (χ0n) is 20.0. The van der Waals surface area contributed by atoms with Crippen molar-refractivity contribution in [2.75, 3.05) is 45.8 Å². The summed E-state index contributed by atoms with van der Waals surface area (Å²) in [5.74, 6) is -0.716. The molecule has 9 heteroatoms. The first-order valence-corrected chi connectivity index (χ1v) is 12.7. The van der Waals surface area contributed by atoms with E-state index in [4.69, 9.17) is 0 Å². The Balaban J connectivity index is 1.24. The summed E-state index contributed by atoms with van der Waals surface area (Å²) in [5, 5.41) is 6.87. The predicted molar refractivity (Wildman–Crippen MR) is 129 cm³/mol. The normalized spacial score (nSPS) is 18.5. The van der Waals surface area contributed by atoms with E-state index in [9.17, 15) is 18.8 Å². The maximum atomic E-state index is 14.7. The van der Waals surface area contributed by atoms with E-state index in [0.29, 0.717) is 39.1 Å². The first-order chi connectivity index (χ1) is 17.0. The molecular formula is C26H32FN5O3. The van der Waals surface area contributed by atoms with Gasteiger partial charge in [-0.2, -0.15) is 5.10 Å². The van der Waals surface area contributed by atoms with Crippen molar-refractivity contribution in [3.63, 3.8) is 0 Å². The van der Waals surface area contributed by atoms with Crippen molar-refractivity contribution in [3.8, 4) is 0 Å². The summed E-state index contributed by atoms with van der Waals surface area (Å²) >= 11 is 0. The number of aromatic amines is 1. The van der Waals surface area contributed by atoms with Gasteiger partial charge in [0, 0.05) is 51.3 Å². The third-order valence-electron chi connectivity index (χ3n) is 7.49. The molecule has 186 valence electrons. The molecule has 8 nitrogen and oxygen atoms in total. The van der Waals surface area contributed by atoms with E-state index in [-0.39, 0.29) is 22.9 Å². The van der Waals surface area contributed by atoms with Crippen LogP contribution in [0, 0.1) is 5.82 Å². The standard InChI is InChI=1S/C26H32FN5O3/c27-22-8-7-18(16-23-19-5-1-2-6-20(19)25(34)29-28-23)15-21(22)26(35)32-13-11-30(12-14-32)17-24(33)31-9-3-4-10-31/h7-8,15H,1-6,9-14,16-17H2,(H,29,34). The average Bonchev–Trinajstić information content (AvgIpc) is 3.42. The number of rotatable bonds is 5. The Morgan fingerprint density at radius 2 is 1.63 bits per heavy atom. The maximum absolute atomic E-state index is 14.7. The number of piperazine rings is 1. The van der Waals surface area contributed by atoms with Gasteiger partial charge in [-0.15, -0.1) is 0 Å². The molecule has 3 heterocycles. The molecule has 0 radical (unpaired) electrons. The van der Waals surface area contributed by atoms with Crippen LogP contribution in [0.3, 0.4) is 0 Å². The monoisotopic (exact) mass is 481 g/mol. The molecule has 2 fully saturated rings. The van der Waals surface area contributed by atoms with E-state index in [1.807, 2.05) is 4.90 Å². The molecule has 0 saturated carbocycles. The lowest BCUT2D eigenvalue weighted by Gasteiger charge is -2.35. The Hall–Kier alpha value is -3.07. The largest absolute Gasteiger partial charge is 0.342 e. The zero-order valence-corrected chi connectivity index (χ0v) is 20.0. The molecule has 1 N–H and O–H groups in total. The van der Waals surface area contributed by atoms with Crippen LogP contribution in [0.4, 0.5) is 4.39 Å². The number of carbonyl (C=O) groups excluding carboxylic acids is 2. The molecule has 0 atom stereocenters. The molecule has 2 aliphatic heterocycles. The van der Waals surface area contributed by atoms with Crippen LogP contribution in [0.25, 0.3) is 0 Å². The van der Waals surface area contributed by atoms with Crippen LogP contribution in [0.1, 0.15) is 58.4 Å². The van der Waals surface area contributed by atoms with E-state index in [0.717, 1.165) is 74.0 Å². The summed E-state index contributed by atoms with van der Waals surface area (Å²) in [7, 11) is 0. The van der Waals surface area contributed by atoms with Gasteiger partial charge in [-0.05, 0) is 61.8 Å². The van der Waals surface area contributed by atoms with Crippen LogP contribution in [0.2, 0.25) is 0 Å². The fraction of sp³-hybridized carbons (Fsp3) is 0.538. The van der Waals surface area contributed by atoms with Crippen molar-refractivity contribution in [1.82, 2.24) is 24.9 Å². The topological polar surface area (TPSA) is 89.6 Å². The van der Waals surface area contributed by atoms with Crippen molar-refractivity contribution < 1.29 is 14.0 Å². The summed E-state index contributed by atoms with van der Waals surface area (Å²) in [6, 6.07) is 4.63. The second-order valence-electron chi connectivity index (χ2n) is 9.81. The van der Waals surface area contributed by atoms with Crippen LogP contribution in [0.15, 0.2) is 23.0 Å². The highest BCUT2D eigenvalue weighted by molar-refractivity contribution is 5.94. The molecule has 0 bridgehead atoms. The van der Waals surface area contributed by atoms with Gasteiger partial charge >= 0.3 is 0 Å². The second kappa shape index (κ2) is 10.3. The molecule has 2 amide bonds. The van der Waals surface area contributed by atoms with Gasteiger partial charge < -0.3 is 9.80 Å². The molecule has 1 aliphatic carbocycles. The minimum Gasteiger partial charge on any atom is -0.342 e. The first kappa shape index (κ1) is 23.7. The number of halogens is 1. The molecule has 0 unspecified atom stereocenters. The Morgan fingerprint density at radius 3 is 2.37 bits per heavy atom. The first-order valence-electron chi connectivity index (χ1n) is 12.7. The summed E-state index contributed by atoms with van der Waals surface area (Å²) in [6.45, 7) is 4.17. The molecule has 35 heavy (non-hydrogen) atoms. The van der Waals surface area contributed by atoms with Gasteiger partial charge in [0.15, 0.2) is 0 Å². The van der Waals surface area contributed by atoms with E-state index in [1.165, 1.54) is 6.07 Å². The van der Waals surface area contributed by atoms with E-state index in [2.05, 4.69) is 15.1 Å². The van der Waals surface area contributed by atoms with Crippen LogP contribution >= 0.6 is 0 Å². The molecular weight excluding hydrogens is 449 g/mol. The number of benzene rings is 1. The zero-order chi connectivity index (χ0) is 24.4. The molecule has 3 aliphatic rings. The van der Waals surface area contributed by atoms with Gasteiger partial charge in [0.25, 0.3) is 11.5 Å². The molecule has 2 saturated heterocycles. The maximum Gasteiger partial charge on any atom is 0.267 e. The Bertz CT molecular complexity index is 1170. The van der Waals surface area contributed by atoms with Crippen LogP contribution in [0.5, 0.6) is 0 Å². The number of hydrogen-bond donors (Lipinski definition) is 1. The minimum atomic E-state index is -0.540. The van der Waals surface area contributed by atoms with Crippen LogP contribution in [-0.2, 0) is 24.1 Å². The number of fused-ring (bicyclic) bond motifs is 1. The number of carbonyl (C=O) groups is 2. The summed E-state index contributed by atoms with van der Waals surface area (Å²) in [5.41, 5.74) is 3.32. The van der Waals surface area contributed by atoms with Gasteiger partial charge in [0.1, 0.15) is 5.82 Å². The van der Waals surface area contributed by atoms with Gasteiger partial charge in [-0.3, -0.25) is 19.3 Å². The van der Waals surface area contributed by atoms with Crippen molar-refractivity contribution >= 4 is 11.8 Å². The lowest BCUT2D eigenvalue weighted by Crippen LogP contribution is -2.51. The number of hydrogen-bond acceptors (Lipinski definition) is 5. The van der Waals surface area contributed by atoms with Crippen molar-refractivity contribution in [3.05, 3.63) is 62.3 Å². The van der Waals surface area contributed by atoms with E-state index >= 15 is 0 Å². The average molecular weight is 482 g/mol. The molecule has 5 rings (SSSR count). The van der Waals surface area contributed by atoms with E-state index in [1.54, 1.807) is 17.0 Å². The summed E-state index contributed by atoms with van der Waals surface area (Å²) in [4.78, 5) is 43.4. The third-order valence-corrected chi connectivity index (χ3v) is 7.49. The summed E-state index contributed by atoms with van der Waals surface area (Å²) < 4.78 is 14.7. The number of amides is 2. The minimum absolute atomic E-state index is 0.0578. The van der Waals surface area contributed by atoms with Crippen molar-refractivity contribution in [2.24, 2.45) is 0 Å². The quantitative estimate of drug-likeness (QED) is 0.703. The Kier molecular flexibility index (Phi) is 6.95. The fourth-order valence-corrected chi connectivity index (χ4v) is 5.45. The van der Waals surface area contributed by atoms with Gasteiger partial charge in [-0.25, -0.2) is 9.49 Å². The second-order valence-corrected chi connectivity index (χ2v) is 9.81. The van der Waals surface area contributed by atoms with E-state index < -0.39 is 5.82 Å². The number of likely N-dealkylation sites (tertiary alicyclic amines) is 1. The predicted octanol–water partition coefficient (Wildman–Crippen LogP) is 1.76. The van der Waals surface area contributed by atoms with Crippen molar-refractivity contribution in [2.45, 2.75) is 44.9 Å². The number of nitrogens with one attached hydrogen (secondary N) is 1. The number of H-pyrrole nitrogens is 1. The highest BCUT2D eigenvalue weighted by Crippen LogP contribution is 2.23. The van der Waals surface area contributed by atoms with Gasteiger partial charge in [0.2, 0.25) is 5.91 Å². The highest BCUT2D eigenvalue weighted by Gasteiger charge is 2.27. The summed E-state index contributed by atoms with van der Waals surface area (Å²) in [6.07, 6.45) is 6.16. The highest BCUT2D eigenvalue weighted by atomic mass is 19.1. The third kappa shape index (κ3) is 5.15. The van der Waals surface area contributed by atoms with Gasteiger partial charge in [0.05, 0.1) is 17.8 Å². The Labute approximate surface area is 204 Å². The van der Waals surface area contributed by atoms with Crippen molar-refractivity contribution in [1.29, 1.82) is 0 Å². The smallest absolute Gasteiger partial charge is 0.267 e. The van der Waals surface area contributed by atoms with Crippen LogP contribution in [-0.4, -0.2) is 82.5 Å². The lowest BCUT2D eigenvalue weighted by molar-refractivity contribution is -0.131. The number of nitrogens with zero attached hydrogens (tertiary/aromatic N) is 4. The fourth-order valence-electron chi connectivity index (χ4n) is 5.45. The molecule has 1 aromatic heterocycles. The lowest BCUT2D eigenvalue weighted by atomic mass is 9.90. The Morgan fingerprint density at radius 1 is 0.914 bits per heavy atom. The van der Waals surface area contributed by atoms with Gasteiger partial charge in [-0.1, -0.05) is 6.07 Å². The SMILES string of the molecule is O=C(CN1CCN(C(=O)c2cc(Cc3n[nH]c(=O)c4c3CCCC4)ccc2F)CC1)N1CCCC1. The molecule has 0 spiro atoms. The number of aromatic nitrogens is 2. The molecule has 2 aromatic rings. The molecule has 1 aromatic carbocycles. The van der Waals surface area contributed by atoms with Crippen LogP contribution < -0.4 is 5.56 Å².